The number of carbonyl (C=O) groups excluding carboxylic acids is 1. The highest BCUT2D eigenvalue weighted by Crippen LogP contribution is 2.27. The fraction of sp³-hybridized carbons (Fsp3) is 0.640. The molecule has 0 spiro atoms. The molecule has 1 aliphatic carbocycles. The number of carboxylic acid groups (broad SMARTS) is 2. The van der Waals surface area contributed by atoms with Crippen LogP contribution in [0.15, 0.2) is 12.1 Å². The van der Waals surface area contributed by atoms with E-state index in [4.69, 9.17) is 32.0 Å². The first kappa shape index (κ1) is 29.0. The van der Waals surface area contributed by atoms with Crippen molar-refractivity contribution in [2.45, 2.75) is 76.4 Å². The molecule has 9 nitrogen and oxygen atoms in total. The zero-order valence-corrected chi connectivity index (χ0v) is 20.7. The summed E-state index contributed by atoms with van der Waals surface area (Å²) in [5, 5.41) is 40.0. The zero-order valence-electron chi connectivity index (χ0n) is 20.0. The third-order valence-electron chi connectivity index (χ3n) is 6.53. The summed E-state index contributed by atoms with van der Waals surface area (Å²) in [5.74, 6) is -2.97. The molecule has 0 radical (unpaired) electrons. The Balaban J connectivity index is 0.000000367. The molecule has 1 aromatic carbocycles. The number of aliphatic hydroxyl groups is 2. The maximum atomic E-state index is 12.0. The number of amides is 1. The second-order valence-corrected chi connectivity index (χ2v) is 9.47. The summed E-state index contributed by atoms with van der Waals surface area (Å²) in [4.78, 5) is 31.5. The van der Waals surface area contributed by atoms with Gasteiger partial charge in [0.1, 0.15) is 0 Å². The Hall–Kier alpha value is -2.20. The predicted octanol–water partition coefficient (Wildman–Crippen LogP) is 1.92. The van der Waals surface area contributed by atoms with Crippen LogP contribution >= 0.6 is 11.6 Å². The average molecular weight is 513 g/mol. The van der Waals surface area contributed by atoms with E-state index in [1.807, 2.05) is 0 Å². The van der Waals surface area contributed by atoms with E-state index in [9.17, 15) is 14.4 Å². The van der Waals surface area contributed by atoms with Gasteiger partial charge in [0.05, 0.1) is 0 Å². The number of benzene rings is 1. The summed E-state index contributed by atoms with van der Waals surface area (Å²) in [6, 6.07) is 4.27. The first-order chi connectivity index (χ1) is 16.7. The largest absolute Gasteiger partial charge is 0.479 e. The van der Waals surface area contributed by atoms with E-state index in [2.05, 4.69) is 22.8 Å². The van der Waals surface area contributed by atoms with E-state index in [0.29, 0.717) is 0 Å². The summed E-state index contributed by atoms with van der Waals surface area (Å²) in [7, 11) is 0. The number of aliphatic carboxylic acids is 2. The lowest BCUT2D eigenvalue weighted by atomic mass is 9.93. The van der Waals surface area contributed by atoms with Crippen molar-refractivity contribution in [1.29, 1.82) is 0 Å². The monoisotopic (exact) mass is 512 g/mol. The maximum absolute atomic E-state index is 12.0. The minimum atomic E-state index is -2.27. The van der Waals surface area contributed by atoms with Gasteiger partial charge in [0.15, 0.2) is 12.2 Å². The van der Waals surface area contributed by atoms with E-state index in [1.165, 1.54) is 29.5 Å². The summed E-state index contributed by atoms with van der Waals surface area (Å²) in [5.41, 5.74) is 4.30. The van der Waals surface area contributed by atoms with Gasteiger partial charge in [-0.2, -0.15) is 0 Å². The first-order valence-corrected chi connectivity index (χ1v) is 12.7. The quantitative estimate of drug-likeness (QED) is 0.260. The molecule has 1 heterocycles. The van der Waals surface area contributed by atoms with Crippen LogP contribution < -0.4 is 10.6 Å². The lowest BCUT2D eigenvalue weighted by Gasteiger charge is -2.14. The molecule has 0 aromatic heterocycles. The molecule has 0 saturated heterocycles. The van der Waals surface area contributed by atoms with E-state index >= 15 is 0 Å². The molecule has 0 bridgehead atoms. The Kier molecular flexibility index (Phi) is 12.5. The summed E-state index contributed by atoms with van der Waals surface area (Å²) >= 11 is 6.49. The first-order valence-electron chi connectivity index (χ1n) is 12.3. The van der Waals surface area contributed by atoms with Crippen LogP contribution in [0, 0.1) is 5.92 Å². The molecule has 35 heavy (non-hydrogen) atoms. The molecular weight excluding hydrogens is 476 g/mol. The Labute approximate surface area is 210 Å². The van der Waals surface area contributed by atoms with Gasteiger partial charge in [-0.3, -0.25) is 4.79 Å². The topological polar surface area (TPSA) is 156 Å². The molecule has 3 rings (SSSR count). The Morgan fingerprint density at radius 1 is 0.971 bits per heavy atom. The average Bonchev–Trinajstić information content (AvgIpc) is 3.27. The molecule has 1 amide bonds. The summed E-state index contributed by atoms with van der Waals surface area (Å²) in [6.07, 6.45) is 6.66. The molecular formula is C25H37ClN2O7. The number of fused-ring (bicyclic) bond motifs is 1. The highest BCUT2D eigenvalue weighted by atomic mass is 35.5. The normalized spacial score (nSPS) is 17.3. The number of hydrogen-bond acceptors (Lipinski definition) is 6. The van der Waals surface area contributed by atoms with Gasteiger partial charge in [-0.1, -0.05) is 36.9 Å². The van der Waals surface area contributed by atoms with Crippen molar-refractivity contribution in [2.75, 3.05) is 19.6 Å². The smallest absolute Gasteiger partial charge is 0.335 e. The van der Waals surface area contributed by atoms with Gasteiger partial charge in [-0.25, -0.2) is 9.59 Å². The fourth-order valence-electron chi connectivity index (χ4n) is 4.51. The fourth-order valence-corrected chi connectivity index (χ4v) is 4.78. The van der Waals surface area contributed by atoms with Crippen LogP contribution in [-0.4, -0.2) is 70.1 Å². The molecule has 196 valence electrons. The number of nitrogens with one attached hydrogen (secondary N) is 2. The van der Waals surface area contributed by atoms with Crippen LogP contribution in [0.2, 0.25) is 5.02 Å². The minimum absolute atomic E-state index is 0.279. The standard InChI is InChI=1S/C21H31ClN2O.C4H6O6/c22-20-10-9-16-11-14-23-15-12-18(16)19(20)8-2-1-5-13-24-21(25)17-6-3-4-7-17;5-1(3(7)8)2(6)4(9)10/h9-10,17,23H,1-8,11-15H2,(H,24,25);1-2,5-6H,(H,7,8)(H,9,10)/t;1-,2-/m.1/s1. The minimum Gasteiger partial charge on any atom is -0.479 e. The third kappa shape index (κ3) is 9.40. The number of carbonyl (C=O) groups is 3. The molecule has 1 aliphatic heterocycles. The lowest BCUT2D eigenvalue weighted by Crippen LogP contribution is -2.39. The van der Waals surface area contributed by atoms with Crippen molar-refractivity contribution in [1.82, 2.24) is 10.6 Å². The number of aliphatic hydroxyl groups excluding tert-OH is 2. The van der Waals surface area contributed by atoms with Crippen molar-refractivity contribution in [3.8, 4) is 0 Å². The van der Waals surface area contributed by atoms with Crippen molar-refractivity contribution in [2.24, 2.45) is 5.92 Å². The molecule has 2 aliphatic rings. The van der Waals surface area contributed by atoms with Crippen LogP contribution in [0.4, 0.5) is 0 Å². The highest BCUT2D eigenvalue weighted by molar-refractivity contribution is 6.31. The van der Waals surface area contributed by atoms with Crippen LogP contribution in [0.1, 0.15) is 61.6 Å². The second-order valence-electron chi connectivity index (χ2n) is 9.06. The van der Waals surface area contributed by atoms with Gasteiger partial charge in [-0.05, 0) is 80.8 Å². The van der Waals surface area contributed by atoms with Gasteiger partial charge < -0.3 is 31.1 Å². The van der Waals surface area contributed by atoms with Crippen molar-refractivity contribution in [3.63, 3.8) is 0 Å². The van der Waals surface area contributed by atoms with Gasteiger partial charge in [0, 0.05) is 17.5 Å². The SMILES string of the molecule is O=C(NCCCCCc1c(Cl)ccc2c1CCNCC2)C1CCCC1.O=C(O)[C@H](O)[C@@H](O)C(=O)O. The number of unbranched alkanes of at least 4 members (excludes halogenated alkanes) is 2. The Bertz CT molecular complexity index is 840. The molecule has 2 atom stereocenters. The molecule has 0 unspecified atom stereocenters. The van der Waals surface area contributed by atoms with Gasteiger partial charge in [0.25, 0.3) is 0 Å². The van der Waals surface area contributed by atoms with Crippen LogP contribution in [-0.2, 0) is 33.6 Å². The Morgan fingerprint density at radius 2 is 1.60 bits per heavy atom. The second kappa shape index (κ2) is 15.0. The number of hydrogen-bond donors (Lipinski definition) is 6. The molecule has 1 fully saturated rings. The van der Waals surface area contributed by atoms with E-state index in [-0.39, 0.29) is 11.8 Å². The van der Waals surface area contributed by atoms with Gasteiger partial charge in [-0.15, -0.1) is 0 Å². The van der Waals surface area contributed by atoms with E-state index < -0.39 is 24.1 Å². The molecule has 6 N–H and O–H groups in total. The highest BCUT2D eigenvalue weighted by Gasteiger charge is 2.29. The van der Waals surface area contributed by atoms with Crippen molar-refractivity contribution < 1.29 is 34.8 Å². The van der Waals surface area contributed by atoms with E-state index in [0.717, 1.165) is 76.0 Å². The number of carboxylic acids is 2. The van der Waals surface area contributed by atoms with Crippen LogP contribution in [0.3, 0.4) is 0 Å². The number of rotatable bonds is 10. The summed E-state index contributed by atoms with van der Waals surface area (Å²) < 4.78 is 0. The Morgan fingerprint density at radius 3 is 2.23 bits per heavy atom. The van der Waals surface area contributed by atoms with E-state index in [1.54, 1.807) is 0 Å². The van der Waals surface area contributed by atoms with Crippen LogP contribution in [0.25, 0.3) is 0 Å². The third-order valence-corrected chi connectivity index (χ3v) is 6.88. The summed E-state index contributed by atoms with van der Waals surface area (Å²) in [6.45, 7) is 2.93. The number of halogens is 1. The van der Waals surface area contributed by atoms with Crippen molar-refractivity contribution >= 4 is 29.4 Å². The van der Waals surface area contributed by atoms with Gasteiger partial charge in [0.2, 0.25) is 5.91 Å². The van der Waals surface area contributed by atoms with Crippen LogP contribution in [0.5, 0.6) is 0 Å². The molecule has 1 saturated carbocycles. The zero-order chi connectivity index (χ0) is 25.8. The van der Waals surface area contributed by atoms with Gasteiger partial charge >= 0.3 is 11.9 Å². The predicted molar refractivity (Wildman–Crippen MR) is 132 cm³/mol. The maximum Gasteiger partial charge on any atom is 0.335 e. The lowest BCUT2D eigenvalue weighted by molar-refractivity contribution is -0.165. The van der Waals surface area contributed by atoms with Crippen molar-refractivity contribution in [3.05, 3.63) is 33.8 Å². The molecule has 10 heteroatoms. The molecule has 1 aromatic rings.